The molecule has 2 unspecified atom stereocenters. The standard InChI is InChI=1S/C20H33N5/c1-21-20(22-14-19-16-23(2)11-12-24(19)3)25-10-9-18(15-25)13-17-7-5-4-6-8-17/h4-8,18-19H,9-16H2,1-3H3,(H,21,22). The minimum absolute atomic E-state index is 0.554. The van der Waals surface area contributed by atoms with Gasteiger partial charge in [0.05, 0.1) is 0 Å². The molecule has 2 fully saturated rings. The first-order valence-electron chi connectivity index (χ1n) is 9.54. The van der Waals surface area contributed by atoms with Crippen molar-refractivity contribution in [3.05, 3.63) is 35.9 Å². The Morgan fingerprint density at radius 2 is 1.92 bits per heavy atom. The summed E-state index contributed by atoms with van der Waals surface area (Å²) in [6.07, 6.45) is 2.42. The maximum Gasteiger partial charge on any atom is 0.193 e. The number of aliphatic imine (C=N–C) groups is 1. The second-order valence-electron chi connectivity index (χ2n) is 7.62. The number of hydrogen-bond donors (Lipinski definition) is 1. The summed E-state index contributed by atoms with van der Waals surface area (Å²) in [6, 6.07) is 11.4. The quantitative estimate of drug-likeness (QED) is 0.661. The number of nitrogens with zero attached hydrogens (tertiary/aromatic N) is 4. The zero-order valence-electron chi connectivity index (χ0n) is 16.0. The Hall–Kier alpha value is -1.59. The van der Waals surface area contributed by atoms with E-state index in [1.807, 2.05) is 7.05 Å². The van der Waals surface area contributed by atoms with Gasteiger partial charge in [0.15, 0.2) is 5.96 Å². The molecule has 1 aromatic rings. The van der Waals surface area contributed by atoms with Crippen LogP contribution in [0.4, 0.5) is 0 Å². The van der Waals surface area contributed by atoms with E-state index in [9.17, 15) is 0 Å². The van der Waals surface area contributed by atoms with Gasteiger partial charge in [-0.25, -0.2) is 0 Å². The lowest BCUT2D eigenvalue weighted by Gasteiger charge is -2.38. The fourth-order valence-corrected chi connectivity index (χ4v) is 4.00. The Kier molecular flexibility index (Phi) is 6.32. The Labute approximate surface area is 152 Å². The molecule has 0 spiro atoms. The molecule has 2 heterocycles. The van der Waals surface area contributed by atoms with Gasteiger partial charge in [0, 0.05) is 52.4 Å². The summed E-state index contributed by atoms with van der Waals surface area (Å²) in [5.41, 5.74) is 1.45. The van der Waals surface area contributed by atoms with Crippen LogP contribution in [0, 0.1) is 5.92 Å². The highest BCUT2D eigenvalue weighted by Crippen LogP contribution is 2.21. The van der Waals surface area contributed by atoms with Crippen molar-refractivity contribution in [3.63, 3.8) is 0 Å². The predicted octanol–water partition coefficient (Wildman–Crippen LogP) is 1.37. The molecule has 0 amide bonds. The summed E-state index contributed by atoms with van der Waals surface area (Å²) in [4.78, 5) is 11.8. The van der Waals surface area contributed by atoms with Crippen LogP contribution in [0.1, 0.15) is 12.0 Å². The average molecular weight is 344 g/mol. The summed E-state index contributed by atoms with van der Waals surface area (Å²) in [5.74, 6) is 1.79. The molecule has 2 aliphatic rings. The molecule has 3 rings (SSSR count). The number of benzene rings is 1. The fourth-order valence-electron chi connectivity index (χ4n) is 4.00. The summed E-state index contributed by atoms with van der Waals surface area (Å²) < 4.78 is 0. The SMILES string of the molecule is CN=C(NCC1CN(C)CCN1C)N1CCC(Cc2ccccc2)C1. The van der Waals surface area contributed by atoms with Crippen molar-refractivity contribution in [1.82, 2.24) is 20.0 Å². The molecule has 0 saturated carbocycles. The van der Waals surface area contributed by atoms with Gasteiger partial charge in [-0.3, -0.25) is 9.89 Å². The van der Waals surface area contributed by atoms with Crippen molar-refractivity contribution in [2.24, 2.45) is 10.9 Å². The lowest BCUT2D eigenvalue weighted by molar-refractivity contribution is 0.116. The van der Waals surface area contributed by atoms with Crippen LogP contribution in [-0.4, -0.2) is 87.1 Å². The predicted molar refractivity (Wildman–Crippen MR) is 105 cm³/mol. The molecule has 2 atom stereocenters. The summed E-state index contributed by atoms with van der Waals surface area (Å²) in [5, 5.41) is 3.62. The third-order valence-electron chi connectivity index (χ3n) is 5.64. The van der Waals surface area contributed by atoms with Crippen LogP contribution in [0.5, 0.6) is 0 Å². The van der Waals surface area contributed by atoms with Crippen molar-refractivity contribution in [2.75, 3.05) is 60.4 Å². The molecule has 0 aliphatic carbocycles. The smallest absolute Gasteiger partial charge is 0.193 e. The molecule has 138 valence electrons. The van der Waals surface area contributed by atoms with Crippen LogP contribution in [0.25, 0.3) is 0 Å². The summed E-state index contributed by atoms with van der Waals surface area (Å²) in [6.45, 7) is 6.61. The molecule has 0 radical (unpaired) electrons. The van der Waals surface area contributed by atoms with Gasteiger partial charge < -0.3 is 15.1 Å². The van der Waals surface area contributed by atoms with Crippen LogP contribution in [0.15, 0.2) is 35.3 Å². The number of nitrogens with one attached hydrogen (secondary N) is 1. The molecule has 0 aromatic heterocycles. The lowest BCUT2D eigenvalue weighted by Crippen LogP contribution is -2.55. The first-order valence-corrected chi connectivity index (χ1v) is 9.54. The summed E-state index contributed by atoms with van der Waals surface area (Å²) >= 11 is 0. The van der Waals surface area contributed by atoms with Gasteiger partial charge in [0.2, 0.25) is 0 Å². The van der Waals surface area contributed by atoms with E-state index in [2.05, 4.69) is 69.4 Å². The van der Waals surface area contributed by atoms with E-state index >= 15 is 0 Å². The minimum Gasteiger partial charge on any atom is -0.355 e. The van der Waals surface area contributed by atoms with Gasteiger partial charge in [-0.2, -0.15) is 0 Å². The molecule has 2 saturated heterocycles. The number of guanidine groups is 1. The van der Waals surface area contributed by atoms with Gasteiger partial charge in [0.1, 0.15) is 0 Å². The maximum absolute atomic E-state index is 4.54. The Balaban J connectivity index is 1.48. The third kappa shape index (κ3) is 4.95. The van der Waals surface area contributed by atoms with Crippen molar-refractivity contribution in [3.8, 4) is 0 Å². The molecule has 1 aromatic carbocycles. The van der Waals surface area contributed by atoms with E-state index in [-0.39, 0.29) is 0 Å². The van der Waals surface area contributed by atoms with Gasteiger partial charge in [0.25, 0.3) is 0 Å². The van der Waals surface area contributed by atoms with Crippen molar-refractivity contribution >= 4 is 5.96 Å². The van der Waals surface area contributed by atoms with E-state index in [0.717, 1.165) is 51.1 Å². The minimum atomic E-state index is 0.554. The number of hydrogen-bond acceptors (Lipinski definition) is 3. The normalized spacial score (nSPS) is 26.2. The zero-order valence-corrected chi connectivity index (χ0v) is 16.0. The lowest BCUT2D eigenvalue weighted by atomic mass is 9.99. The molecule has 5 nitrogen and oxygen atoms in total. The van der Waals surface area contributed by atoms with Crippen LogP contribution in [0.2, 0.25) is 0 Å². The van der Waals surface area contributed by atoms with Crippen molar-refractivity contribution in [1.29, 1.82) is 0 Å². The first-order chi connectivity index (χ1) is 12.2. The van der Waals surface area contributed by atoms with E-state index in [4.69, 9.17) is 0 Å². The van der Waals surface area contributed by atoms with Crippen molar-refractivity contribution in [2.45, 2.75) is 18.9 Å². The van der Waals surface area contributed by atoms with E-state index < -0.39 is 0 Å². The first kappa shape index (κ1) is 18.2. The number of likely N-dealkylation sites (tertiary alicyclic amines) is 1. The summed E-state index contributed by atoms with van der Waals surface area (Å²) in [7, 11) is 6.35. The Bertz CT molecular complexity index is 558. The number of piperazine rings is 1. The average Bonchev–Trinajstić information content (AvgIpc) is 3.07. The van der Waals surface area contributed by atoms with Gasteiger partial charge >= 0.3 is 0 Å². The number of likely N-dealkylation sites (N-methyl/N-ethyl adjacent to an activating group) is 2. The van der Waals surface area contributed by atoms with E-state index in [0.29, 0.717) is 6.04 Å². The van der Waals surface area contributed by atoms with Crippen molar-refractivity contribution < 1.29 is 0 Å². The second-order valence-corrected chi connectivity index (χ2v) is 7.62. The van der Waals surface area contributed by atoms with Crippen LogP contribution in [0.3, 0.4) is 0 Å². The largest absolute Gasteiger partial charge is 0.355 e. The molecular weight excluding hydrogens is 310 g/mol. The van der Waals surface area contributed by atoms with Gasteiger partial charge in [-0.1, -0.05) is 30.3 Å². The van der Waals surface area contributed by atoms with Crippen LogP contribution < -0.4 is 5.32 Å². The molecule has 1 N–H and O–H groups in total. The molecule has 5 heteroatoms. The highest BCUT2D eigenvalue weighted by molar-refractivity contribution is 5.80. The highest BCUT2D eigenvalue weighted by atomic mass is 15.3. The second kappa shape index (κ2) is 8.68. The topological polar surface area (TPSA) is 34.1 Å². The van der Waals surface area contributed by atoms with Gasteiger partial charge in [-0.05, 0) is 38.4 Å². The third-order valence-corrected chi connectivity index (χ3v) is 5.64. The maximum atomic E-state index is 4.54. The Morgan fingerprint density at radius 3 is 2.68 bits per heavy atom. The zero-order chi connectivity index (χ0) is 17.6. The van der Waals surface area contributed by atoms with Gasteiger partial charge in [-0.15, -0.1) is 0 Å². The van der Waals surface area contributed by atoms with Crippen LogP contribution in [-0.2, 0) is 6.42 Å². The number of rotatable bonds is 4. The molecular formula is C20H33N5. The highest BCUT2D eigenvalue weighted by Gasteiger charge is 2.27. The molecule has 0 bridgehead atoms. The van der Waals surface area contributed by atoms with Crippen LogP contribution >= 0.6 is 0 Å². The van der Waals surface area contributed by atoms with E-state index in [1.54, 1.807) is 0 Å². The van der Waals surface area contributed by atoms with E-state index in [1.165, 1.54) is 18.4 Å². The Morgan fingerprint density at radius 1 is 1.12 bits per heavy atom. The monoisotopic (exact) mass is 343 g/mol. The molecule has 25 heavy (non-hydrogen) atoms. The fraction of sp³-hybridized carbons (Fsp3) is 0.650. The molecule has 2 aliphatic heterocycles.